The number of carbonyl (C=O) groups is 2. The molecule has 1 atom stereocenters. The van der Waals surface area contributed by atoms with E-state index in [0.717, 1.165) is 20.9 Å². The summed E-state index contributed by atoms with van der Waals surface area (Å²) in [6.45, 7) is 0. The van der Waals surface area contributed by atoms with Crippen molar-refractivity contribution < 1.29 is 14.7 Å². The Hall–Kier alpha value is -3.13. The first kappa shape index (κ1) is 17.3. The molecule has 2 aromatic heterocycles. The van der Waals surface area contributed by atoms with Crippen molar-refractivity contribution in [2.45, 2.75) is 12.5 Å². The Morgan fingerprint density at radius 3 is 3.00 bits per heavy atom. The second-order valence-corrected chi connectivity index (χ2v) is 7.12. The first-order valence-corrected chi connectivity index (χ1v) is 9.04. The van der Waals surface area contributed by atoms with E-state index in [0.29, 0.717) is 23.4 Å². The molecule has 0 radical (unpaired) electrons. The maximum absolute atomic E-state index is 12.4. The van der Waals surface area contributed by atoms with Crippen LogP contribution in [-0.2, 0) is 11.2 Å². The van der Waals surface area contributed by atoms with E-state index in [4.69, 9.17) is 0 Å². The van der Waals surface area contributed by atoms with E-state index >= 15 is 0 Å². The highest BCUT2D eigenvalue weighted by atomic mass is 79.9. The van der Waals surface area contributed by atoms with Gasteiger partial charge in [0.15, 0.2) is 0 Å². The van der Waals surface area contributed by atoms with Gasteiger partial charge in [0.25, 0.3) is 5.91 Å². The molecule has 0 bridgehead atoms. The molecule has 0 saturated carbocycles. The molecule has 1 aromatic carbocycles. The summed E-state index contributed by atoms with van der Waals surface area (Å²) in [5.74, 6) is 0.169. The Bertz CT molecular complexity index is 1090. The number of H-pyrrole nitrogens is 1. The molecule has 0 aliphatic carbocycles. The van der Waals surface area contributed by atoms with Crippen molar-refractivity contribution in [3.8, 4) is 0 Å². The molecule has 4 N–H and O–H groups in total. The zero-order chi connectivity index (χ0) is 19.0. The van der Waals surface area contributed by atoms with Gasteiger partial charge in [-0.1, -0.05) is 18.2 Å². The second kappa shape index (κ2) is 6.88. The normalized spacial score (nSPS) is 15.6. The lowest BCUT2D eigenvalue weighted by atomic mass is 10.0. The highest BCUT2D eigenvalue weighted by molar-refractivity contribution is 9.10. The summed E-state index contributed by atoms with van der Waals surface area (Å²) in [5, 5.41) is 15.4. The highest BCUT2D eigenvalue weighted by Gasteiger charge is 2.27. The van der Waals surface area contributed by atoms with Crippen LogP contribution in [0.5, 0.6) is 0 Å². The van der Waals surface area contributed by atoms with Crippen LogP contribution in [0.3, 0.4) is 0 Å². The minimum atomic E-state index is -1.15. The summed E-state index contributed by atoms with van der Waals surface area (Å²) in [4.78, 5) is 31.0. The lowest BCUT2D eigenvalue weighted by molar-refractivity contribution is -0.110. The van der Waals surface area contributed by atoms with Crippen LogP contribution in [0.15, 0.2) is 53.3 Å². The van der Waals surface area contributed by atoms with Crippen molar-refractivity contribution in [2.24, 2.45) is 0 Å². The van der Waals surface area contributed by atoms with Crippen LogP contribution >= 0.6 is 15.9 Å². The molecule has 7 nitrogen and oxygen atoms in total. The van der Waals surface area contributed by atoms with E-state index in [1.165, 1.54) is 0 Å². The second-order valence-electron chi connectivity index (χ2n) is 6.20. The highest BCUT2D eigenvalue weighted by Crippen LogP contribution is 2.32. The third kappa shape index (κ3) is 3.43. The Morgan fingerprint density at radius 2 is 2.19 bits per heavy atom. The van der Waals surface area contributed by atoms with Crippen LogP contribution in [0.25, 0.3) is 16.5 Å². The lowest BCUT2D eigenvalue weighted by Gasteiger charge is -2.13. The van der Waals surface area contributed by atoms with E-state index < -0.39 is 12.1 Å². The number of carbonyl (C=O) groups excluding carboxylic acids is 1. The number of pyridine rings is 1. The summed E-state index contributed by atoms with van der Waals surface area (Å²) in [5.41, 5.74) is 2.99. The summed E-state index contributed by atoms with van der Waals surface area (Å²) >= 11 is 3.35. The summed E-state index contributed by atoms with van der Waals surface area (Å²) < 4.78 is 0.739. The van der Waals surface area contributed by atoms with E-state index in [2.05, 4.69) is 36.5 Å². The van der Waals surface area contributed by atoms with Crippen LogP contribution in [0.2, 0.25) is 0 Å². The van der Waals surface area contributed by atoms with Crippen LogP contribution in [0.1, 0.15) is 11.1 Å². The first-order valence-electron chi connectivity index (χ1n) is 8.25. The van der Waals surface area contributed by atoms with Gasteiger partial charge in [0.2, 0.25) is 0 Å². The molecule has 27 heavy (non-hydrogen) atoms. The van der Waals surface area contributed by atoms with Gasteiger partial charge in [0.05, 0.1) is 6.04 Å². The molecule has 1 aliphatic rings. The van der Waals surface area contributed by atoms with E-state index in [1.807, 2.05) is 30.5 Å². The maximum atomic E-state index is 12.4. The number of para-hydroxylation sites is 1. The summed E-state index contributed by atoms with van der Waals surface area (Å²) in [6, 6.07) is 9.01. The van der Waals surface area contributed by atoms with Gasteiger partial charge >= 0.3 is 6.09 Å². The van der Waals surface area contributed by atoms with Crippen LogP contribution in [0.4, 0.5) is 10.6 Å². The van der Waals surface area contributed by atoms with Gasteiger partial charge in [-0.3, -0.25) is 4.79 Å². The first-order chi connectivity index (χ1) is 13.0. The molecule has 4 rings (SSSR count). The number of halogens is 1. The summed E-state index contributed by atoms with van der Waals surface area (Å²) in [6.07, 6.45) is 4.36. The number of nitrogens with one attached hydrogen (secondary N) is 3. The quantitative estimate of drug-likeness (QED) is 0.478. The molecular weight excluding hydrogens is 412 g/mol. The fraction of sp³-hybridized carbons (Fsp3) is 0.105. The monoisotopic (exact) mass is 426 g/mol. The average Bonchev–Trinajstić information content (AvgIpc) is 3.16. The molecule has 136 valence electrons. The minimum Gasteiger partial charge on any atom is -0.465 e. The third-order valence-electron chi connectivity index (χ3n) is 4.41. The predicted molar refractivity (Wildman–Crippen MR) is 105 cm³/mol. The van der Waals surface area contributed by atoms with Gasteiger partial charge in [-0.05, 0) is 46.1 Å². The number of carboxylic acid groups (broad SMARTS) is 1. The van der Waals surface area contributed by atoms with E-state index in [9.17, 15) is 14.7 Å². The van der Waals surface area contributed by atoms with Gasteiger partial charge in [0, 0.05) is 38.9 Å². The number of fused-ring (bicyclic) bond motifs is 2. The summed E-state index contributed by atoms with van der Waals surface area (Å²) in [7, 11) is 0. The molecule has 0 spiro atoms. The number of benzene rings is 1. The van der Waals surface area contributed by atoms with Crippen molar-refractivity contribution in [3.63, 3.8) is 0 Å². The average molecular weight is 427 g/mol. The lowest BCUT2D eigenvalue weighted by Crippen LogP contribution is -2.34. The molecule has 3 heterocycles. The van der Waals surface area contributed by atoms with Crippen molar-refractivity contribution in [3.05, 3.63) is 64.4 Å². The molecule has 3 aromatic rings. The topological polar surface area (TPSA) is 107 Å². The van der Waals surface area contributed by atoms with Crippen LogP contribution < -0.4 is 10.6 Å². The van der Waals surface area contributed by atoms with Crippen molar-refractivity contribution in [2.75, 3.05) is 5.32 Å². The third-order valence-corrected chi connectivity index (χ3v) is 4.85. The molecule has 8 heteroatoms. The Morgan fingerprint density at radius 1 is 1.37 bits per heavy atom. The van der Waals surface area contributed by atoms with Crippen LogP contribution in [0, 0.1) is 0 Å². The standard InChI is InChI=1S/C19H15BrN4O3/c20-11-6-14-15(18(25)24-17(14)22-9-11)7-12(23-19(26)27)5-10-8-21-16-4-2-1-3-13(10)16/h1-4,6-9,12,21,23H,5H2,(H,26,27)(H,22,24,25)/b15-7-/t12-/m0/s1. The zero-order valence-electron chi connectivity index (χ0n) is 14.0. The number of nitrogens with zero attached hydrogens (tertiary/aromatic N) is 1. The number of hydrogen-bond donors (Lipinski definition) is 4. The van der Waals surface area contributed by atoms with Crippen molar-refractivity contribution in [1.82, 2.24) is 15.3 Å². The zero-order valence-corrected chi connectivity index (χ0v) is 15.6. The van der Waals surface area contributed by atoms with Crippen molar-refractivity contribution in [1.29, 1.82) is 0 Å². The number of anilines is 1. The largest absolute Gasteiger partial charge is 0.465 e. The van der Waals surface area contributed by atoms with E-state index in [-0.39, 0.29) is 5.91 Å². The number of aromatic amines is 1. The molecule has 2 amide bonds. The Kier molecular flexibility index (Phi) is 4.41. The van der Waals surface area contributed by atoms with Gasteiger partial charge in [-0.15, -0.1) is 0 Å². The number of rotatable bonds is 4. The van der Waals surface area contributed by atoms with Crippen LogP contribution in [-0.4, -0.2) is 33.1 Å². The fourth-order valence-corrected chi connectivity index (χ4v) is 3.59. The molecule has 0 unspecified atom stereocenters. The molecule has 0 fully saturated rings. The molecule has 0 saturated heterocycles. The van der Waals surface area contributed by atoms with Gasteiger partial charge < -0.3 is 20.7 Å². The SMILES string of the molecule is O=C(O)N[C@H](/C=C1\C(=O)Nc2ncc(Br)cc21)Cc1c[nH]c2ccccc12. The Balaban J connectivity index is 1.71. The van der Waals surface area contributed by atoms with Gasteiger partial charge in [-0.25, -0.2) is 9.78 Å². The number of hydrogen-bond acceptors (Lipinski definition) is 3. The Labute approximate surface area is 162 Å². The van der Waals surface area contributed by atoms with Gasteiger partial charge in [0.1, 0.15) is 5.82 Å². The molecule has 1 aliphatic heterocycles. The maximum Gasteiger partial charge on any atom is 0.405 e. The minimum absolute atomic E-state index is 0.299. The number of amides is 2. The van der Waals surface area contributed by atoms with E-state index in [1.54, 1.807) is 18.3 Å². The predicted octanol–water partition coefficient (Wildman–Crippen LogP) is 3.54. The smallest absolute Gasteiger partial charge is 0.405 e. The molecular formula is C19H15BrN4O3. The number of aromatic nitrogens is 2. The fourth-order valence-electron chi connectivity index (χ4n) is 3.26. The van der Waals surface area contributed by atoms with Crippen molar-refractivity contribution >= 4 is 50.2 Å². The van der Waals surface area contributed by atoms with Gasteiger partial charge in [-0.2, -0.15) is 0 Å².